The molecule has 0 fully saturated rings. The van der Waals surface area contributed by atoms with Gasteiger partial charge in [-0.2, -0.15) is 4.68 Å². The number of aromatic nitrogens is 4. The number of halogens is 1. The maximum atomic E-state index is 12.5. The van der Waals surface area contributed by atoms with Gasteiger partial charge in [0.2, 0.25) is 5.16 Å². The molecule has 5 nitrogen and oxygen atoms in total. The summed E-state index contributed by atoms with van der Waals surface area (Å²) >= 11 is 4.71. The van der Waals surface area contributed by atoms with Crippen molar-refractivity contribution in [2.45, 2.75) is 17.3 Å². The van der Waals surface area contributed by atoms with Crippen LogP contribution in [0.2, 0.25) is 0 Å². The van der Waals surface area contributed by atoms with Crippen LogP contribution in [0.5, 0.6) is 0 Å². The smallest absolute Gasteiger partial charge is 0.214 e. The number of rotatable bonds is 5. The maximum absolute atomic E-state index is 12.5. The molecule has 0 saturated heterocycles. The molecular weight excluding hydrogens is 376 g/mol. The van der Waals surface area contributed by atoms with E-state index in [1.807, 2.05) is 61.5 Å². The molecule has 0 N–H and O–H groups in total. The number of para-hydroxylation sites is 1. The number of thioether (sulfide) groups is 1. The Balaban J connectivity index is 1.79. The molecule has 1 heterocycles. The van der Waals surface area contributed by atoms with E-state index in [9.17, 15) is 4.79 Å². The van der Waals surface area contributed by atoms with Gasteiger partial charge in [-0.25, -0.2) is 0 Å². The van der Waals surface area contributed by atoms with Crippen LogP contribution in [0, 0.1) is 0 Å². The van der Waals surface area contributed by atoms with Gasteiger partial charge < -0.3 is 0 Å². The van der Waals surface area contributed by atoms with Crippen molar-refractivity contribution in [1.82, 2.24) is 20.2 Å². The lowest BCUT2D eigenvalue weighted by molar-refractivity contribution is 0.0994. The fourth-order valence-electron chi connectivity index (χ4n) is 2.04. The minimum Gasteiger partial charge on any atom is -0.293 e. The van der Waals surface area contributed by atoms with Crippen LogP contribution in [-0.4, -0.2) is 31.2 Å². The van der Waals surface area contributed by atoms with E-state index >= 15 is 0 Å². The van der Waals surface area contributed by atoms with Crippen molar-refractivity contribution in [1.29, 1.82) is 0 Å². The third-order valence-corrected chi connectivity index (χ3v) is 4.78. The number of ketones is 1. The summed E-state index contributed by atoms with van der Waals surface area (Å²) in [6.45, 7) is 1.86. The Bertz CT molecular complexity index is 804. The summed E-state index contributed by atoms with van der Waals surface area (Å²) < 4.78 is 2.58. The van der Waals surface area contributed by atoms with Crippen LogP contribution in [0.15, 0.2) is 64.2 Å². The van der Waals surface area contributed by atoms with Gasteiger partial charge in [0.05, 0.1) is 10.9 Å². The second kappa shape index (κ2) is 7.06. The molecular formula is C16H13BrN4OS. The normalized spacial score (nSPS) is 12.1. The van der Waals surface area contributed by atoms with Gasteiger partial charge in [-0.15, -0.1) is 5.10 Å². The number of hydrogen-bond donors (Lipinski definition) is 0. The number of Topliss-reactive ketones (excluding diaryl/α,β-unsaturated/α-hetero) is 1. The predicted octanol–water partition coefficient (Wildman–Crippen LogP) is 3.79. The highest BCUT2D eigenvalue weighted by atomic mass is 79.9. The number of carbonyl (C=O) groups is 1. The van der Waals surface area contributed by atoms with Crippen LogP contribution >= 0.6 is 27.7 Å². The topological polar surface area (TPSA) is 60.7 Å². The molecule has 0 bridgehead atoms. The average molecular weight is 389 g/mol. The zero-order chi connectivity index (χ0) is 16.2. The number of carbonyl (C=O) groups excluding carboxylic acids is 1. The maximum Gasteiger partial charge on any atom is 0.214 e. The Morgan fingerprint density at radius 2 is 1.83 bits per heavy atom. The third-order valence-electron chi connectivity index (χ3n) is 3.22. The summed E-state index contributed by atoms with van der Waals surface area (Å²) in [6.07, 6.45) is 0. The standard InChI is InChI=1S/C16H13BrN4OS/c1-11(15(22)12-7-9-13(17)10-8-12)23-16-18-19-20-21(16)14-5-3-2-4-6-14/h2-11H,1H3. The highest BCUT2D eigenvalue weighted by Crippen LogP contribution is 2.25. The van der Waals surface area contributed by atoms with E-state index in [0.29, 0.717) is 10.7 Å². The minimum atomic E-state index is -0.287. The summed E-state index contributed by atoms with van der Waals surface area (Å²) in [6, 6.07) is 16.9. The van der Waals surface area contributed by atoms with Gasteiger partial charge in [0.15, 0.2) is 5.78 Å². The van der Waals surface area contributed by atoms with Crippen molar-refractivity contribution in [3.8, 4) is 5.69 Å². The van der Waals surface area contributed by atoms with E-state index in [1.165, 1.54) is 11.8 Å². The summed E-state index contributed by atoms with van der Waals surface area (Å²) in [5, 5.41) is 12.1. The summed E-state index contributed by atoms with van der Waals surface area (Å²) in [4.78, 5) is 12.5. The Hall–Kier alpha value is -1.99. The van der Waals surface area contributed by atoms with Crippen molar-refractivity contribution in [2.24, 2.45) is 0 Å². The third kappa shape index (κ3) is 3.68. The van der Waals surface area contributed by atoms with Crippen molar-refractivity contribution in [3.63, 3.8) is 0 Å². The predicted molar refractivity (Wildman–Crippen MR) is 92.9 cm³/mol. The summed E-state index contributed by atoms with van der Waals surface area (Å²) in [7, 11) is 0. The van der Waals surface area contributed by atoms with Crippen LogP contribution in [-0.2, 0) is 0 Å². The Labute approximate surface area is 146 Å². The van der Waals surface area contributed by atoms with E-state index in [2.05, 4.69) is 31.5 Å². The van der Waals surface area contributed by atoms with Gasteiger partial charge in [0, 0.05) is 10.0 Å². The first-order valence-corrected chi connectivity index (χ1v) is 8.62. The number of tetrazole rings is 1. The first-order chi connectivity index (χ1) is 11.1. The minimum absolute atomic E-state index is 0.0464. The molecule has 1 atom stereocenters. The van der Waals surface area contributed by atoms with Crippen molar-refractivity contribution < 1.29 is 4.79 Å². The van der Waals surface area contributed by atoms with Crippen molar-refractivity contribution >= 4 is 33.5 Å². The molecule has 1 aromatic heterocycles. The molecule has 3 rings (SSSR count). The molecule has 0 saturated carbocycles. The molecule has 1 unspecified atom stereocenters. The molecule has 0 aliphatic rings. The molecule has 3 aromatic rings. The number of hydrogen-bond acceptors (Lipinski definition) is 5. The molecule has 0 amide bonds. The largest absolute Gasteiger partial charge is 0.293 e. The van der Waals surface area contributed by atoms with Crippen molar-refractivity contribution in [3.05, 3.63) is 64.6 Å². The summed E-state index contributed by atoms with van der Waals surface area (Å²) in [5.41, 5.74) is 1.54. The van der Waals surface area contributed by atoms with Crippen LogP contribution < -0.4 is 0 Å². The molecule has 23 heavy (non-hydrogen) atoms. The van der Waals surface area contributed by atoms with Crippen LogP contribution in [0.3, 0.4) is 0 Å². The van der Waals surface area contributed by atoms with Crippen LogP contribution in [0.25, 0.3) is 5.69 Å². The molecule has 0 aliphatic heterocycles. The van der Waals surface area contributed by atoms with Crippen LogP contribution in [0.1, 0.15) is 17.3 Å². The highest BCUT2D eigenvalue weighted by molar-refractivity contribution is 9.10. The second-order valence-electron chi connectivity index (χ2n) is 4.84. The van der Waals surface area contributed by atoms with E-state index in [4.69, 9.17) is 0 Å². The zero-order valence-electron chi connectivity index (χ0n) is 12.3. The van der Waals surface area contributed by atoms with E-state index in [0.717, 1.165) is 10.2 Å². The van der Waals surface area contributed by atoms with E-state index in [-0.39, 0.29) is 11.0 Å². The lowest BCUT2D eigenvalue weighted by atomic mass is 10.1. The SMILES string of the molecule is CC(Sc1nnnn1-c1ccccc1)C(=O)c1ccc(Br)cc1. The van der Waals surface area contributed by atoms with E-state index in [1.54, 1.807) is 4.68 Å². The van der Waals surface area contributed by atoms with Crippen molar-refractivity contribution in [2.75, 3.05) is 0 Å². The Morgan fingerprint density at radius 3 is 2.52 bits per heavy atom. The molecule has 2 aromatic carbocycles. The first-order valence-electron chi connectivity index (χ1n) is 6.95. The lowest BCUT2D eigenvalue weighted by Crippen LogP contribution is -2.14. The molecule has 0 spiro atoms. The van der Waals surface area contributed by atoms with Crippen LogP contribution in [0.4, 0.5) is 0 Å². The average Bonchev–Trinajstić information content (AvgIpc) is 3.04. The number of nitrogens with zero attached hydrogens (tertiary/aromatic N) is 4. The van der Waals surface area contributed by atoms with Gasteiger partial charge in [0.1, 0.15) is 0 Å². The first kappa shape index (κ1) is 15.9. The van der Waals surface area contributed by atoms with E-state index < -0.39 is 0 Å². The Morgan fingerprint density at radius 1 is 1.13 bits per heavy atom. The molecule has 7 heteroatoms. The van der Waals surface area contributed by atoms with Gasteiger partial charge >= 0.3 is 0 Å². The number of benzene rings is 2. The van der Waals surface area contributed by atoms with Gasteiger partial charge in [-0.3, -0.25) is 4.79 Å². The van der Waals surface area contributed by atoms with Gasteiger partial charge in [0.25, 0.3) is 0 Å². The zero-order valence-corrected chi connectivity index (χ0v) is 14.7. The Kier molecular flexibility index (Phi) is 4.88. The quantitative estimate of drug-likeness (QED) is 0.491. The second-order valence-corrected chi connectivity index (χ2v) is 7.06. The monoisotopic (exact) mass is 388 g/mol. The summed E-state index contributed by atoms with van der Waals surface area (Å²) in [5.74, 6) is 0.0464. The molecule has 0 radical (unpaired) electrons. The lowest BCUT2D eigenvalue weighted by Gasteiger charge is -2.10. The fourth-order valence-corrected chi connectivity index (χ4v) is 3.19. The highest BCUT2D eigenvalue weighted by Gasteiger charge is 2.20. The molecule has 116 valence electrons. The fraction of sp³-hybridized carbons (Fsp3) is 0.125. The van der Waals surface area contributed by atoms with Gasteiger partial charge in [-0.1, -0.05) is 58.0 Å². The van der Waals surface area contributed by atoms with Gasteiger partial charge in [-0.05, 0) is 41.6 Å². The molecule has 0 aliphatic carbocycles.